The van der Waals surface area contributed by atoms with Gasteiger partial charge in [-0.05, 0) is 25.1 Å². The predicted molar refractivity (Wildman–Crippen MR) is 64.7 cm³/mol. The number of hydrogen-bond acceptors (Lipinski definition) is 2. The van der Waals surface area contributed by atoms with E-state index in [-0.39, 0.29) is 11.9 Å². The second-order valence-electron chi connectivity index (χ2n) is 3.26. The number of halogens is 2. The molecule has 0 aliphatic rings. The Balaban J connectivity index is 2.84. The van der Waals surface area contributed by atoms with Crippen LogP contribution in [0.1, 0.15) is 18.5 Å². The molecule has 1 aromatic carbocycles. The molecule has 0 saturated carbocycles. The van der Waals surface area contributed by atoms with Crippen molar-refractivity contribution in [1.82, 2.24) is 5.32 Å². The van der Waals surface area contributed by atoms with Gasteiger partial charge in [-0.2, -0.15) is 0 Å². The third kappa shape index (κ3) is 3.49. The number of nitrogens with two attached hydrogens (primary N) is 1. The smallest absolute Gasteiger partial charge is 0.128 e. The lowest BCUT2D eigenvalue weighted by Crippen LogP contribution is -2.29. The summed E-state index contributed by atoms with van der Waals surface area (Å²) >= 11 is 5.82. The summed E-state index contributed by atoms with van der Waals surface area (Å²) in [5.74, 6) is 5.29. The zero-order chi connectivity index (χ0) is 12.0. The minimum absolute atomic E-state index is 0.264. The molecule has 3 N–H and O–H groups in total. The number of nitrogens with one attached hydrogen (secondary N) is 1. The molecule has 1 rings (SSSR count). The molecule has 16 heavy (non-hydrogen) atoms. The van der Waals surface area contributed by atoms with E-state index < -0.39 is 0 Å². The van der Waals surface area contributed by atoms with Crippen LogP contribution in [0.15, 0.2) is 18.2 Å². The number of rotatable bonds is 4. The SMILES string of the molecule is CC#CCNC(CN)c1cc(Cl)ccc1F. The van der Waals surface area contributed by atoms with E-state index in [0.29, 0.717) is 23.7 Å². The molecular formula is C12H14ClFN2. The van der Waals surface area contributed by atoms with Crippen LogP contribution in [0, 0.1) is 17.7 Å². The van der Waals surface area contributed by atoms with Gasteiger partial charge >= 0.3 is 0 Å². The van der Waals surface area contributed by atoms with E-state index in [0.717, 1.165) is 0 Å². The van der Waals surface area contributed by atoms with Gasteiger partial charge in [-0.15, -0.1) is 5.92 Å². The third-order valence-corrected chi connectivity index (χ3v) is 2.42. The topological polar surface area (TPSA) is 38.0 Å². The fourth-order valence-corrected chi connectivity index (χ4v) is 1.55. The highest BCUT2D eigenvalue weighted by Crippen LogP contribution is 2.20. The highest BCUT2D eigenvalue weighted by Gasteiger charge is 2.13. The van der Waals surface area contributed by atoms with Crippen LogP contribution in [0.4, 0.5) is 4.39 Å². The van der Waals surface area contributed by atoms with Gasteiger partial charge in [0.25, 0.3) is 0 Å². The average Bonchev–Trinajstić information content (AvgIpc) is 2.28. The van der Waals surface area contributed by atoms with Crippen LogP contribution in [0.5, 0.6) is 0 Å². The molecule has 0 fully saturated rings. The Bertz CT molecular complexity index is 409. The molecule has 0 saturated heterocycles. The van der Waals surface area contributed by atoms with Crippen LogP contribution in [0.3, 0.4) is 0 Å². The fourth-order valence-electron chi connectivity index (χ4n) is 1.36. The van der Waals surface area contributed by atoms with E-state index in [2.05, 4.69) is 17.2 Å². The molecule has 0 amide bonds. The van der Waals surface area contributed by atoms with Crippen molar-refractivity contribution in [2.45, 2.75) is 13.0 Å². The van der Waals surface area contributed by atoms with E-state index in [4.69, 9.17) is 17.3 Å². The third-order valence-electron chi connectivity index (χ3n) is 2.18. The summed E-state index contributed by atoms with van der Waals surface area (Å²) in [6, 6.07) is 4.17. The lowest BCUT2D eigenvalue weighted by molar-refractivity contribution is 0.530. The molecule has 4 heteroatoms. The minimum Gasteiger partial charge on any atom is -0.329 e. The molecule has 1 unspecified atom stereocenters. The minimum atomic E-state index is -0.309. The van der Waals surface area contributed by atoms with Crippen molar-refractivity contribution >= 4 is 11.6 Å². The summed E-state index contributed by atoms with van der Waals surface area (Å²) in [5, 5.41) is 3.56. The Labute approximate surface area is 100.0 Å². The molecule has 0 aliphatic heterocycles. The zero-order valence-electron chi connectivity index (χ0n) is 9.06. The highest BCUT2D eigenvalue weighted by molar-refractivity contribution is 6.30. The van der Waals surface area contributed by atoms with Gasteiger partial charge in [0, 0.05) is 23.2 Å². The van der Waals surface area contributed by atoms with Gasteiger partial charge in [-0.3, -0.25) is 5.32 Å². The molecule has 1 atom stereocenters. The Morgan fingerprint density at radius 2 is 2.31 bits per heavy atom. The van der Waals surface area contributed by atoms with E-state index in [1.807, 2.05) is 0 Å². The van der Waals surface area contributed by atoms with Crippen molar-refractivity contribution in [3.63, 3.8) is 0 Å². The van der Waals surface area contributed by atoms with E-state index >= 15 is 0 Å². The van der Waals surface area contributed by atoms with Crippen molar-refractivity contribution in [1.29, 1.82) is 0 Å². The van der Waals surface area contributed by atoms with Gasteiger partial charge in [0.15, 0.2) is 0 Å². The first kappa shape index (κ1) is 13.0. The van der Waals surface area contributed by atoms with E-state index in [1.54, 1.807) is 13.0 Å². The molecule has 1 aromatic rings. The maximum atomic E-state index is 13.5. The number of hydrogen-bond donors (Lipinski definition) is 2. The van der Waals surface area contributed by atoms with Gasteiger partial charge in [0.1, 0.15) is 5.82 Å². The molecule has 0 aromatic heterocycles. The molecule has 0 heterocycles. The van der Waals surface area contributed by atoms with Gasteiger partial charge in [-0.1, -0.05) is 17.5 Å². The summed E-state index contributed by atoms with van der Waals surface area (Å²) < 4.78 is 13.5. The van der Waals surface area contributed by atoms with Crippen LogP contribution in [0.25, 0.3) is 0 Å². The Morgan fingerprint density at radius 1 is 1.56 bits per heavy atom. The quantitative estimate of drug-likeness (QED) is 0.791. The van der Waals surface area contributed by atoms with Crippen molar-refractivity contribution in [2.75, 3.05) is 13.1 Å². The van der Waals surface area contributed by atoms with Crippen molar-refractivity contribution in [2.24, 2.45) is 5.73 Å². The molecule has 0 bridgehead atoms. The van der Waals surface area contributed by atoms with Gasteiger partial charge < -0.3 is 5.73 Å². The lowest BCUT2D eigenvalue weighted by atomic mass is 10.1. The largest absolute Gasteiger partial charge is 0.329 e. The first-order chi connectivity index (χ1) is 7.69. The summed E-state index contributed by atoms with van der Waals surface area (Å²) in [4.78, 5) is 0. The molecule has 0 radical (unpaired) electrons. The molecule has 0 spiro atoms. The second-order valence-corrected chi connectivity index (χ2v) is 3.70. The predicted octanol–water partition coefficient (Wildman–Crippen LogP) is 2.09. The lowest BCUT2D eigenvalue weighted by Gasteiger charge is -2.16. The van der Waals surface area contributed by atoms with Gasteiger partial charge in [-0.25, -0.2) is 4.39 Å². The first-order valence-electron chi connectivity index (χ1n) is 4.97. The normalized spacial score (nSPS) is 11.8. The Morgan fingerprint density at radius 3 is 2.94 bits per heavy atom. The highest BCUT2D eigenvalue weighted by atomic mass is 35.5. The van der Waals surface area contributed by atoms with Crippen molar-refractivity contribution < 1.29 is 4.39 Å². The zero-order valence-corrected chi connectivity index (χ0v) is 9.81. The summed E-state index contributed by atoms with van der Waals surface area (Å²) in [5.41, 5.74) is 6.07. The average molecular weight is 241 g/mol. The first-order valence-corrected chi connectivity index (χ1v) is 5.34. The standard InChI is InChI=1S/C12H14ClFN2/c1-2-3-6-16-12(8-15)10-7-9(13)4-5-11(10)14/h4-5,7,12,16H,6,8,15H2,1H3. The maximum absolute atomic E-state index is 13.5. The van der Waals surface area contributed by atoms with E-state index in [9.17, 15) is 4.39 Å². The van der Waals surface area contributed by atoms with Crippen LogP contribution >= 0.6 is 11.6 Å². The van der Waals surface area contributed by atoms with E-state index in [1.165, 1.54) is 12.1 Å². The summed E-state index contributed by atoms with van der Waals surface area (Å²) in [6.45, 7) is 2.52. The molecule has 0 aliphatic carbocycles. The summed E-state index contributed by atoms with van der Waals surface area (Å²) in [6.07, 6.45) is 0. The van der Waals surface area contributed by atoms with Crippen molar-refractivity contribution in [3.8, 4) is 11.8 Å². The van der Waals surface area contributed by atoms with Crippen molar-refractivity contribution in [3.05, 3.63) is 34.6 Å². The van der Waals surface area contributed by atoms with Gasteiger partial charge in [0.2, 0.25) is 0 Å². The fraction of sp³-hybridized carbons (Fsp3) is 0.333. The maximum Gasteiger partial charge on any atom is 0.128 e. The van der Waals surface area contributed by atoms with Crippen LogP contribution in [-0.2, 0) is 0 Å². The summed E-state index contributed by atoms with van der Waals surface area (Å²) in [7, 11) is 0. The van der Waals surface area contributed by atoms with Crippen LogP contribution < -0.4 is 11.1 Å². The molecular weight excluding hydrogens is 227 g/mol. The molecule has 2 nitrogen and oxygen atoms in total. The second kappa shape index (κ2) is 6.49. The Kier molecular flexibility index (Phi) is 5.27. The number of benzene rings is 1. The monoisotopic (exact) mass is 240 g/mol. The Hall–Kier alpha value is -1.08. The van der Waals surface area contributed by atoms with Crippen LogP contribution in [0.2, 0.25) is 5.02 Å². The van der Waals surface area contributed by atoms with Gasteiger partial charge in [0.05, 0.1) is 6.54 Å². The van der Waals surface area contributed by atoms with Crippen LogP contribution in [-0.4, -0.2) is 13.1 Å². The molecule has 86 valence electrons.